The quantitative estimate of drug-likeness (QED) is 0.654. The number of hydrogen-bond donors (Lipinski definition) is 1. The van der Waals surface area contributed by atoms with Crippen LogP contribution in [0, 0.1) is 5.82 Å². The summed E-state index contributed by atoms with van der Waals surface area (Å²) in [7, 11) is 1.07. The van der Waals surface area contributed by atoms with E-state index in [9.17, 15) is 4.39 Å². The topological polar surface area (TPSA) is 20.2 Å². The van der Waals surface area contributed by atoms with E-state index in [2.05, 4.69) is 6.58 Å². The third-order valence-electron chi connectivity index (χ3n) is 2.81. The van der Waals surface area contributed by atoms with Gasteiger partial charge in [-0.2, -0.15) is 0 Å². The summed E-state index contributed by atoms with van der Waals surface area (Å²) >= 11 is 0. The first-order chi connectivity index (χ1) is 9.20. The van der Waals surface area contributed by atoms with Crippen LogP contribution < -0.4 is 5.46 Å². The van der Waals surface area contributed by atoms with Crippen LogP contribution in [0.25, 0.3) is 11.6 Å². The molecule has 1 N–H and O–H groups in total. The summed E-state index contributed by atoms with van der Waals surface area (Å²) in [5.41, 5.74) is 3.29. The molecule has 0 aromatic heterocycles. The van der Waals surface area contributed by atoms with Gasteiger partial charge in [-0.1, -0.05) is 55.1 Å². The molecular formula is C16H13BFO. The van der Waals surface area contributed by atoms with Crippen LogP contribution in [-0.2, 0) is 0 Å². The number of rotatable bonds is 4. The van der Waals surface area contributed by atoms with Gasteiger partial charge in [0.25, 0.3) is 0 Å². The number of hydrogen-bond acceptors (Lipinski definition) is 1. The summed E-state index contributed by atoms with van der Waals surface area (Å²) in [5.74, 6) is -0.263. The highest BCUT2D eigenvalue weighted by Crippen LogP contribution is 2.15. The SMILES string of the molecule is C=C(C=Cc1ccccc1[B]O)c1ccc(F)cc1. The molecule has 0 saturated carbocycles. The molecule has 0 aliphatic rings. The van der Waals surface area contributed by atoms with E-state index in [1.54, 1.807) is 12.1 Å². The third kappa shape index (κ3) is 3.42. The fourth-order valence-corrected chi connectivity index (χ4v) is 1.73. The van der Waals surface area contributed by atoms with Gasteiger partial charge in [-0.05, 0) is 34.3 Å². The van der Waals surface area contributed by atoms with Gasteiger partial charge in [-0.15, -0.1) is 0 Å². The fourth-order valence-electron chi connectivity index (χ4n) is 1.73. The average molecular weight is 251 g/mol. The van der Waals surface area contributed by atoms with E-state index >= 15 is 0 Å². The zero-order valence-electron chi connectivity index (χ0n) is 10.4. The summed E-state index contributed by atoms with van der Waals surface area (Å²) in [6.07, 6.45) is 3.71. The van der Waals surface area contributed by atoms with E-state index in [1.807, 2.05) is 36.4 Å². The van der Waals surface area contributed by atoms with Gasteiger partial charge >= 0.3 is 7.48 Å². The van der Waals surface area contributed by atoms with E-state index < -0.39 is 0 Å². The summed E-state index contributed by atoms with van der Waals surface area (Å²) in [6, 6.07) is 13.7. The smallest absolute Gasteiger partial charge is 0.327 e. The largest absolute Gasteiger partial charge is 0.450 e. The van der Waals surface area contributed by atoms with Gasteiger partial charge in [0, 0.05) is 0 Å². The molecular weight excluding hydrogens is 238 g/mol. The maximum absolute atomic E-state index is 12.8. The van der Waals surface area contributed by atoms with Crippen LogP contribution >= 0.6 is 0 Å². The van der Waals surface area contributed by atoms with Crippen molar-refractivity contribution in [3.63, 3.8) is 0 Å². The van der Waals surface area contributed by atoms with Crippen molar-refractivity contribution < 1.29 is 9.41 Å². The minimum absolute atomic E-state index is 0.263. The summed E-state index contributed by atoms with van der Waals surface area (Å²) in [4.78, 5) is 0. The molecule has 1 radical (unpaired) electrons. The Morgan fingerprint density at radius 1 is 1.11 bits per heavy atom. The van der Waals surface area contributed by atoms with Gasteiger partial charge in [-0.3, -0.25) is 0 Å². The van der Waals surface area contributed by atoms with E-state index in [4.69, 9.17) is 5.02 Å². The van der Waals surface area contributed by atoms with E-state index in [1.165, 1.54) is 12.1 Å². The summed E-state index contributed by atoms with van der Waals surface area (Å²) in [6.45, 7) is 3.94. The van der Waals surface area contributed by atoms with Crippen molar-refractivity contribution in [3.8, 4) is 0 Å². The fraction of sp³-hybridized carbons (Fsp3) is 0. The molecule has 0 bridgehead atoms. The molecule has 0 heterocycles. The van der Waals surface area contributed by atoms with Crippen LogP contribution in [0.15, 0.2) is 61.2 Å². The number of benzene rings is 2. The van der Waals surface area contributed by atoms with E-state index in [0.717, 1.165) is 29.6 Å². The Morgan fingerprint density at radius 3 is 2.47 bits per heavy atom. The van der Waals surface area contributed by atoms with Gasteiger partial charge in [-0.25, -0.2) is 4.39 Å². The lowest BCUT2D eigenvalue weighted by Crippen LogP contribution is -2.16. The Bertz CT molecular complexity index is 602. The minimum atomic E-state index is -0.263. The molecule has 0 atom stereocenters. The Hall–Kier alpha value is -2.13. The Kier molecular flexibility index (Phi) is 4.32. The molecule has 2 rings (SSSR count). The van der Waals surface area contributed by atoms with Crippen LogP contribution in [-0.4, -0.2) is 12.5 Å². The maximum atomic E-state index is 12.8. The molecule has 93 valence electrons. The number of allylic oxidation sites excluding steroid dienone is 2. The molecule has 0 amide bonds. The zero-order chi connectivity index (χ0) is 13.7. The van der Waals surface area contributed by atoms with Crippen molar-refractivity contribution >= 4 is 24.6 Å². The van der Waals surface area contributed by atoms with Gasteiger partial charge in [0.15, 0.2) is 0 Å². The molecule has 0 unspecified atom stereocenters. The van der Waals surface area contributed by atoms with Crippen molar-refractivity contribution in [2.24, 2.45) is 0 Å². The molecule has 1 nitrogen and oxygen atoms in total. The van der Waals surface area contributed by atoms with Crippen LogP contribution in [0.2, 0.25) is 0 Å². The van der Waals surface area contributed by atoms with Gasteiger partial charge in [0.1, 0.15) is 5.82 Å². The molecule has 3 heteroatoms. The predicted octanol–water partition coefficient (Wildman–Crippen LogP) is 2.79. The molecule has 0 aliphatic heterocycles. The standard InChI is InChI=1S/C16H13BFO/c1-12(13-8-10-15(18)11-9-13)6-7-14-4-2-3-5-16(14)17-19/h2-11,19H,1H2. The monoisotopic (exact) mass is 251 g/mol. The third-order valence-corrected chi connectivity index (χ3v) is 2.81. The molecule has 0 saturated heterocycles. The summed E-state index contributed by atoms with van der Waals surface area (Å²) in [5, 5.41) is 9.11. The Labute approximate surface area is 113 Å². The highest BCUT2D eigenvalue weighted by molar-refractivity contribution is 6.46. The molecule has 0 fully saturated rings. The lowest BCUT2D eigenvalue weighted by molar-refractivity contribution is 0.615. The lowest BCUT2D eigenvalue weighted by atomic mass is 9.84. The highest BCUT2D eigenvalue weighted by Gasteiger charge is 1.99. The second-order valence-corrected chi connectivity index (χ2v) is 4.12. The van der Waals surface area contributed by atoms with Crippen molar-refractivity contribution in [3.05, 3.63) is 78.1 Å². The van der Waals surface area contributed by atoms with Crippen LogP contribution in [0.3, 0.4) is 0 Å². The van der Waals surface area contributed by atoms with Crippen molar-refractivity contribution in [2.45, 2.75) is 0 Å². The maximum Gasteiger partial charge on any atom is 0.327 e. The van der Waals surface area contributed by atoms with Crippen LogP contribution in [0.4, 0.5) is 4.39 Å². The Balaban J connectivity index is 2.18. The Morgan fingerprint density at radius 2 is 1.79 bits per heavy atom. The van der Waals surface area contributed by atoms with Gasteiger partial charge in [0.2, 0.25) is 0 Å². The molecule has 0 spiro atoms. The first kappa shape index (κ1) is 13.3. The second kappa shape index (κ2) is 6.16. The zero-order valence-corrected chi connectivity index (χ0v) is 10.4. The average Bonchev–Trinajstić information content (AvgIpc) is 2.45. The first-order valence-electron chi connectivity index (χ1n) is 5.90. The predicted molar refractivity (Wildman–Crippen MR) is 78.5 cm³/mol. The van der Waals surface area contributed by atoms with Crippen LogP contribution in [0.1, 0.15) is 11.1 Å². The second-order valence-electron chi connectivity index (χ2n) is 4.12. The van der Waals surface area contributed by atoms with Gasteiger partial charge < -0.3 is 5.02 Å². The number of halogens is 1. The molecule has 2 aromatic carbocycles. The van der Waals surface area contributed by atoms with E-state index in [-0.39, 0.29) is 5.82 Å². The van der Waals surface area contributed by atoms with E-state index in [0.29, 0.717) is 0 Å². The van der Waals surface area contributed by atoms with Crippen LogP contribution in [0.5, 0.6) is 0 Å². The van der Waals surface area contributed by atoms with Crippen molar-refractivity contribution in [1.29, 1.82) is 0 Å². The molecule has 19 heavy (non-hydrogen) atoms. The normalized spacial score (nSPS) is 10.6. The van der Waals surface area contributed by atoms with Crippen molar-refractivity contribution in [2.75, 3.05) is 0 Å². The molecule has 2 aromatic rings. The highest BCUT2D eigenvalue weighted by atomic mass is 19.1. The van der Waals surface area contributed by atoms with Crippen molar-refractivity contribution in [1.82, 2.24) is 0 Å². The van der Waals surface area contributed by atoms with Gasteiger partial charge in [0.05, 0.1) is 0 Å². The first-order valence-corrected chi connectivity index (χ1v) is 5.90. The lowest BCUT2D eigenvalue weighted by Gasteiger charge is -2.02. The molecule has 0 aliphatic carbocycles. The summed E-state index contributed by atoms with van der Waals surface area (Å²) < 4.78 is 12.8. The minimum Gasteiger partial charge on any atom is -0.450 e.